The van der Waals surface area contributed by atoms with E-state index in [0.717, 1.165) is 22.6 Å². The first-order valence-corrected chi connectivity index (χ1v) is 7.11. The lowest BCUT2D eigenvalue weighted by molar-refractivity contribution is 0.305. The van der Waals surface area contributed by atoms with Crippen LogP contribution in [0, 0.1) is 11.8 Å². The fourth-order valence-corrected chi connectivity index (χ4v) is 2.31. The van der Waals surface area contributed by atoms with Gasteiger partial charge in [0.25, 0.3) is 5.22 Å². The van der Waals surface area contributed by atoms with Crippen molar-refractivity contribution >= 4 is 11.8 Å². The minimum absolute atomic E-state index is 0.0645. The molecule has 0 aliphatic carbocycles. The van der Waals surface area contributed by atoms with E-state index in [1.165, 1.54) is 11.8 Å². The Morgan fingerprint density at radius 2 is 2.35 bits per heavy atom. The van der Waals surface area contributed by atoms with Crippen molar-refractivity contribution in [2.24, 2.45) is 0 Å². The minimum Gasteiger partial charge on any atom is -0.495 e. The number of benzene rings is 1. The largest absolute Gasteiger partial charge is 0.495 e. The molecule has 2 rings (SSSR count). The Labute approximate surface area is 122 Å². The molecule has 104 valence electrons. The number of aromatic nitrogens is 1. The number of nitrogens with zero attached hydrogens (tertiary/aromatic N) is 1. The molecule has 1 heterocycles. The van der Waals surface area contributed by atoms with Crippen molar-refractivity contribution in [2.75, 3.05) is 13.7 Å². The van der Waals surface area contributed by atoms with Crippen molar-refractivity contribution in [1.82, 2.24) is 4.98 Å². The Hall–Kier alpha value is -1.90. The van der Waals surface area contributed by atoms with Crippen LogP contribution in [0.1, 0.15) is 17.5 Å². The summed E-state index contributed by atoms with van der Waals surface area (Å²) < 4.78 is 10.5. The highest BCUT2D eigenvalue weighted by molar-refractivity contribution is 7.98. The number of rotatable bonds is 5. The molecule has 0 atom stereocenters. The molecule has 1 aromatic heterocycles. The van der Waals surface area contributed by atoms with Crippen molar-refractivity contribution in [3.05, 3.63) is 41.8 Å². The van der Waals surface area contributed by atoms with Gasteiger partial charge in [-0.1, -0.05) is 29.7 Å². The van der Waals surface area contributed by atoms with Crippen molar-refractivity contribution in [3.8, 4) is 17.6 Å². The van der Waals surface area contributed by atoms with Gasteiger partial charge in [-0.05, 0) is 17.7 Å². The van der Waals surface area contributed by atoms with E-state index < -0.39 is 0 Å². The lowest BCUT2D eigenvalue weighted by Gasteiger charge is -2.05. The fraction of sp³-hybridized carbons (Fsp3) is 0.267. The summed E-state index contributed by atoms with van der Waals surface area (Å²) in [6.45, 7) is 0.0645. The van der Waals surface area contributed by atoms with E-state index in [1.54, 1.807) is 19.6 Å². The molecule has 1 aromatic carbocycles. The third-order valence-electron chi connectivity index (χ3n) is 2.50. The molecule has 4 nitrogen and oxygen atoms in total. The van der Waals surface area contributed by atoms with Gasteiger partial charge in [0.1, 0.15) is 12.0 Å². The maximum Gasteiger partial charge on any atom is 0.255 e. The first-order valence-electron chi connectivity index (χ1n) is 6.12. The van der Waals surface area contributed by atoms with E-state index in [1.807, 2.05) is 18.2 Å². The highest BCUT2D eigenvalue weighted by Crippen LogP contribution is 2.24. The van der Waals surface area contributed by atoms with Gasteiger partial charge in [0, 0.05) is 12.2 Å². The Balaban J connectivity index is 2.10. The van der Waals surface area contributed by atoms with E-state index in [0.29, 0.717) is 11.6 Å². The second kappa shape index (κ2) is 7.63. The predicted molar refractivity (Wildman–Crippen MR) is 77.6 cm³/mol. The van der Waals surface area contributed by atoms with Gasteiger partial charge in [-0.2, -0.15) is 0 Å². The molecule has 0 spiro atoms. The summed E-state index contributed by atoms with van der Waals surface area (Å²) in [5.74, 6) is 7.41. The lowest BCUT2D eigenvalue weighted by Crippen LogP contribution is -1.90. The zero-order valence-corrected chi connectivity index (χ0v) is 11.9. The average Bonchev–Trinajstić information content (AvgIpc) is 2.99. The van der Waals surface area contributed by atoms with Crippen LogP contribution >= 0.6 is 11.8 Å². The third kappa shape index (κ3) is 4.05. The third-order valence-corrected chi connectivity index (χ3v) is 3.42. The van der Waals surface area contributed by atoms with Crippen molar-refractivity contribution in [3.63, 3.8) is 0 Å². The smallest absolute Gasteiger partial charge is 0.255 e. The summed E-state index contributed by atoms with van der Waals surface area (Å²) >= 11 is 1.52. The molecule has 0 aliphatic heterocycles. The minimum atomic E-state index is 0.0645. The van der Waals surface area contributed by atoms with Crippen LogP contribution < -0.4 is 4.74 Å². The Morgan fingerprint density at radius 3 is 3.05 bits per heavy atom. The maximum absolute atomic E-state index is 8.76. The van der Waals surface area contributed by atoms with Crippen LogP contribution in [0.2, 0.25) is 0 Å². The number of oxazole rings is 1. The molecule has 0 saturated carbocycles. The molecular weight excluding hydrogens is 274 g/mol. The average molecular weight is 289 g/mol. The molecule has 0 radical (unpaired) electrons. The standard InChI is InChI=1S/C15H15NO3S/c1-18-14-6-5-12(10-13(14)4-2-3-8-17)11-20-15-16-7-9-19-15/h5-7,9-10,17H,3,8,11H2,1H3. The molecule has 0 saturated heterocycles. The zero-order valence-electron chi connectivity index (χ0n) is 11.1. The summed E-state index contributed by atoms with van der Waals surface area (Å²) in [4.78, 5) is 4.06. The Kier molecular flexibility index (Phi) is 5.54. The van der Waals surface area contributed by atoms with Gasteiger partial charge in [-0.3, -0.25) is 0 Å². The van der Waals surface area contributed by atoms with Crippen LogP contribution in [0.25, 0.3) is 0 Å². The molecule has 0 bridgehead atoms. The molecular formula is C15H15NO3S. The SMILES string of the molecule is COc1ccc(CSc2ncco2)cc1C#CCCO. The van der Waals surface area contributed by atoms with Gasteiger partial charge in [0.15, 0.2) is 0 Å². The molecule has 0 fully saturated rings. The highest BCUT2D eigenvalue weighted by atomic mass is 32.2. The van der Waals surface area contributed by atoms with Gasteiger partial charge in [0.2, 0.25) is 0 Å². The van der Waals surface area contributed by atoms with Gasteiger partial charge in [-0.15, -0.1) is 0 Å². The number of ether oxygens (including phenoxy) is 1. The zero-order chi connectivity index (χ0) is 14.2. The molecule has 5 heteroatoms. The van der Waals surface area contributed by atoms with Gasteiger partial charge in [-0.25, -0.2) is 4.98 Å². The van der Waals surface area contributed by atoms with Crippen molar-refractivity contribution in [1.29, 1.82) is 0 Å². The van der Waals surface area contributed by atoms with Gasteiger partial charge >= 0.3 is 0 Å². The summed E-state index contributed by atoms with van der Waals surface area (Å²) in [6.07, 6.45) is 3.64. The van der Waals surface area contributed by atoms with E-state index in [9.17, 15) is 0 Å². The van der Waals surface area contributed by atoms with Gasteiger partial charge < -0.3 is 14.3 Å². The number of aliphatic hydroxyl groups is 1. The number of hydrogen-bond acceptors (Lipinski definition) is 5. The molecule has 20 heavy (non-hydrogen) atoms. The lowest BCUT2D eigenvalue weighted by atomic mass is 10.1. The van der Waals surface area contributed by atoms with E-state index in [-0.39, 0.29) is 6.61 Å². The molecule has 2 aromatic rings. The summed E-state index contributed by atoms with van der Waals surface area (Å²) in [7, 11) is 1.62. The van der Waals surface area contributed by atoms with Crippen LogP contribution in [0.3, 0.4) is 0 Å². The first kappa shape index (κ1) is 14.5. The van der Waals surface area contributed by atoms with Crippen LogP contribution in [-0.2, 0) is 5.75 Å². The number of methoxy groups -OCH3 is 1. The first-order chi connectivity index (χ1) is 9.83. The highest BCUT2D eigenvalue weighted by Gasteiger charge is 2.04. The van der Waals surface area contributed by atoms with E-state index in [2.05, 4.69) is 16.8 Å². The monoisotopic (exact) mass is 289 g/mol. The number of thioether (sulfide) groups is 1. The van der Waals surface area contributed by atoms with E-state index >= 15 is 0 Å². The summed E-state index contributed by atoms with van der Waals surface area (Å²) in [6, 6.07) is 5.87. The van der Waals surface area contributed by atoms with Crippen LogP contribution in [0.5, 0.6) is 5.75 Å². The van der Waals surface area contributed by atoms with Crippen molar-refractivity contribution < 1.29 is 14.3 Å². The number of hydrogen-bond donors (Lipinski definition) is 1. The molecule has 0 unspecified atom stereocenters. The second-order valence-electron chi connectivity index (χ2n) is 3.90. The predicted octanol–water partition coefficient (Wildman–Crippen LogP) is 2.71. The molecule has 0 aliphatic rings. The molecule has 0 amide bonds. The fourth-order valence-electron chi connectivity index (χ4n) is 1.58. The van der Waals surface area contributed by atoms with Crippen LogP contribution in [0.15, 0.2) is 40.3 Å². The quantitative estimate of drug-likeness (QED) is 0.677. The van der Waals surface area contributed by atoms with Gasteiger partial charge in [0.05, 0.1) is 25.5 Å². The van der Waals surface area contributed by atoms with E-state index in [4.69, 9.17) is 14.3 Å². The summed E-state index contributed by atoms with van der Waals surface area (Å²) in [5, 5.41) is 9.41. The summed E-state index contributed by atoms with van der Waals surface area (Å²) in [5.41, 5.74) is 1.94. The normalized spacial score (nSPS) is 9.90. The van der Waals surface area contributed by atoms with Crippen molar-refractivity contribution in [2.45, 2.75) is 17.4 Å². The Morgan fingerprint density at radius 1 is 1.45 bits per heavy atom. The van der Waals surface area contributed by atoms with Crippen LogP contribution in [-0.4, -0.2) is 23.8 Å². The maximum atomic E-state index is 8.76. The molecule has 1 N–H and O–H groups in total. The topological polar surface area (TPSA) is 55.5 Å². The number of aliphatic hydroxyl groups excluding tert-OH is 1. The second-order valence-corrected chi connectivity index (χ2v) is 4.82. The van der Waals surface area contributed by atoms with Crippen LogP contribution in [0.4, 0.5) is 0 Å². The Bertz CT molecular complexity index is 599.